The molecule has 106 valence electrons. The van der Waals surface area contributed by atoms with Crippen LogP contribution in [0.25, 0.3) is 0 Å². The van der Waals surface area contributed by atoms with Gasteiger partial charge in [0.1, 0.15) is 5.75 Å². The van der Waals surface area contributed by atoms with Gasteiger partial charge in [0.25, 0.3) is 0 Å². The smallest absolute Gasteiger partial charge is 0.173 e. The summed E-state index contributed by atoms with van der Waals surface area (Å²) in [5.41, 5.74) is 7.28. The van der Waals surface area contributed by atoms with Gasteiger partial charge in [0, 0.05) is 20.2 Å². The Kier molecular flexibility index (Phi) is 6.11. The third-order valence-electron chi connectivity index (χ3n) is 2.78. The first-order valence-corrected chi connectivity index (χ1v) is 5.94. The summed E-state index contributed by atoms with van der Waals surface area (Å²) in [6, 6.07) is 5.63. The van der Waals surface area contributed by atoms with E-state index in [0.717, 1.165) is 18.7 Å². The van der Waals surface area contributed by atoms with E-state index in [0.29, 0.717) is 17.9 Å². The lowest BCUT2D eigenvalue weighted by Gasteiger charge is -2.17. The Bertz CT molecular complexity index is 435. The molecule has 0 amide bonds. The van der Waals surface area contributed by atoms with E-state index in [2.05, 4.69) is 10.1 Å². The van der Waals surface area contributed by atoms with Gasteiger partial charge in [0.15, 0.2) is 5.84 Å². The van der Waals surface area contributed by atoms with Crippen LogP contribution in [0, 0.1) is 0 Å². The van der Waals surface area contributed by atoms with Crippen molar-refractivity contribution in [1.82, 2.24) is 4.90 Å². The lowest BCUT2D eigenvalue weighted by molar-refractivity contribution is 0.158. The van der Waals surface area contributed by atoms with Crippen molar-refractivity contribution >= 4 is 5.84 Å². The molecule has 0 aliphatic rings. The number of benzene rings is 1. The van der Waals surface area contributed by atoms with Crippen molar-refractivity contribution < 1.29 is 14.7 Å². The number of amidine groups is 1. The molecule has 0 spiro atoms. The summed E-state index contributed by atoms with van der Waals surface area (Å²) in [6.07, 6.45) is 0. The van der Waals surface area contributed by atoms with Crippen LogP contribution in [0.3, 0.4) is 0 Å². The predicted molar refractivity (Wildman–Crippen MR) is 73.7 cm³/mol. The van der Waals surface area contributed by atoms with Gasteiger partial charge in [-0.3, -0.25) is 4.90 Å². The minimum absolute atomic E-state index is 0.0400. The van der Waals surface area contributed by atoms with Crippen LogP contribution in [0.5, 0.6) is 5.75 Å². The lowest BCUT2D eigenvalue weighted by Crippen LogP contribution is -2.22. The number of methoxy groups -OCH3 is 2. The molecule has 0 aliphatic carbocycles. The number of rotatable bonds is 7. The van der Waals surface area contributed by atoms with E-state index in [9.17, 15) is 0 Å². The van der Waals surface area contributed by atoms with Crippen LogP contribution in [0.2, 0.25) is 0 Å². The fraction of sp³-hybridized carbons (Fsp3) is 0.462. The first kappa shape index (κ1) is 15.3. The highest BCUT2D eigenvalue weighted by molar-refractivity contribution is 5.99. The van der Waals surface area contributed by atoms with Gasteiger partial charge in [-0.1, -0.05) is 11.2 Å². The average molecular weight is 267 g/mol. The van der Waals surface area contributed by atoms with Crippen molar-refractivity contribution in [3.63, 3.8) is 0 Å². The summed E-state index contributed by atoms with van der Waals surface area (Å²) in [5.74, 6) is 0.622. The van der Waals surface area contributed by atoms with Gasteiger partial charge >= 0.3 is 0 Å². The van der Waals surface area contributed by atoms with E-state index < -0.39 is 0 Å². The maximum absolute atomic E-state index is 8.78. The van der Waals surface area contributed by atoms with Gasteiger partial charge < -0.3 is 20.4 Å². The second kappa shape index (κ2) is 7.60. The van der Waals surface area contributed by atoms with Gasteiger partial charge in [-0.25, -0.2) is 0 Å². The zero-order chi connectivity index (χ0) is 14.3. The molecule has 0 aliphatic heterocycles. The van der Waals surface area contributed by atoms with E-state index in [1.165, 1.54) is 0 Å². The van der Waals surface area contributed by atoms with Gasteiger partial charge in [-0.2, -0.15) is 0 Å². The van der Waals surface area contributed by atoms with Crippen LogP contribution in [-0.4, -0.2) is 50.4 Å². The molecule has 1 rings (SSSR count). The molecule has 0 bridgehead atoms. The minimum Gasteiger partial charge on any atom is -0.496 e. The van der Waals surface area contributed by atoms with Gasteiger partial charge in [-0.05, 0) is 24.7 Å². The Labute approximate surface area is 113 Å². The number of ether oxygens (including phenoxy) is 2. The van der Waals surface area contributed by atoms with E-state index in [1.807, 2.05) is 25.2 Å². The number of nitrogens with two attached hydrogens (primary N) is 1. The van der Waals surface area contributed by atoms with E-state index in [1.54, 1.807) is 14.2 Å². The first-order chi connectivity index (χ1) is 9.12. The Hall–Kier alpha value is -1.79. The average Bonchev–Trinajstić information content (AvgIpc) is 2.44. The summed E-state index contributed by atoms with van der Waals surface area (Å²) in [4.78, 5) is 2.13. The maximum Gasteiger partial charge on any atom is 0.173 e. The summed E-state index contributed by atoms with van der Waals surface area (Å²) < 4.78 is 10.2. The van der Waals surface area contributed by atoms with Crippen molar-refractivity contribution in [2.75, 3.05) is 34.4 Å². The van der Waals surface area contributed by atoms with Crippen LogP contribution in [-0.2, 0) is 11.3 Å². The Morgan fingerprint density at radius 2 is 2.16 bits per heavy atom. The molecule has 0 atom stereocenters. The van der Waals surface area contributed by atoms with Gasteiger partial charge in [-0.15, -0.1) is 0 Å². The predicted octanol–water partition coefficient (Wildman–Crippen LogP) is 0.868. The zero-order valence-electron chi connectivity index (χ0n) is 11.6. The highest BCUT2D eigenvalue weighted by atomic mass is 16.5. The topological polar surface area (TPSA) is 80.3 Å². The molecule has 0 fully saturated rings. The zero-order valence-corrected chi connectivity index (χ0v) is 11.6. The monoisotopic (exact) mass is 267 g/mol. The molecule has 19 heavy (non-hydrogen) atoms. The SMILES string of the molecule is COCCN(C)Cc1ccc(OC)c(C(N)=NO)c1. The largest absolute Gasteiger partial charge is 0.496 e. The van der Waals surface area contributed by atoms with E-state index in [4.69, 9.17) is 20.4 Å². The fourth-order valence-electron chi connectivity index (χ4n) is 1.75. The molecule has 6 nitrogen and oxygen atoms in total. The minimum atomic E-state index is 0.0400. The molecular weight excluding hydrogens is 246 g/mol. The molecule has 0 saturated heterocycles. The summed E-state index contributed by atoms with van der Waals surface area (Å²) >= 11 is 0. The molecule has 0 saturated carbocycles. The highest BCUT2D eigenvalue weighted by Gasteiger charge is 2.10. The van der Waals surface area contributed by atoms with E-state index in [-0.39, 0.29) is 5.84 Å². The third kappa shape index (κ3) is 4.42. The Morgan fingerprint density at radius 3 is 2.74 bits per heavy atom. The number of oxime groups is 1. The molecule has 1 aromatic rings. The van der Waals surface area contributed by atoms with Crippen LogP contribution >= 0.6 is 0 Å². The first-order valence-electron chi connectivity index (χ1n) is 5.94. The molecule has 0 unspecified atom stereocenters. The summed E-state index contributed by atoms with van der Waals surface area (Å²) in [7, 11) is 5.23. The van der Waals surface area contributed by atoms with Crippen molar-refractivity contribution in [2.24, 2.45) is 10.9 Å². The van der Waals surface area contributed by atoms with Gasteiger partial charge in [0.05, 0.1) is 19.3 Å². The molecule has 6 heteroatoms. The molecule has 0 aromatic heterocycles. The molecule has 0 heterocycles. The van der Waals surface area contributed by atoms with Crippen molar-refractivity contribution in [2.45, 2.75) is 6.54 Å². The van der Waals surface area contributed by atoms with Crippen LogP contribution in [0.4, 0.5) is 0 Å². The summed E-state index contributed by atoms with van der Waals surface area (Å²) in [5, 5.41) is 11.8. The lowest BCUT2D eigenvalue weighted by atomic mass is 10.1. The molecule has 3 N–H and O–H groups in total. The number of hydrogen-bond donors (Lipinski definition) is 2. The standard InChI is InChI=1S/C13H21N3O3/c1-16(6-7-18-2)9-10-4-5-12(19-3)11(8-10)13(14)15-17/h4-5,8,17H,6-7,9H2,1-3H3,(H2,14,15). The van der Waals surface area contributed by atoms with Crippen LogP contribution in [0.1, 0.15) is 11.1 Å². The Morgan fingerprint density at radius 1 is 1.42 bits per heavy atom. The molecule has 1 aromatic carbocycles. The Balaban J connectivity index is 2.86. The van der Waals surface area contributed by atoms with Crippen LogP contribution in [0.15, 0.2) is 23.4 Å². The van der Waals surface area contributed by atoms with Crippen molar-refractivity contribution in [3.05, 3.63) is 29.3 Å². The third-order valence-corrected chi connectivity index (χ3v) is 2.78. The second-order valence-electron chi connectivity index (χ2n) is 4.25. The second-order valence-corrected chi connectivity index (χ2v) is 4.25. The quantitative estimate of drug-likeness (QED) is 0.331. The normalized spacial score (nSPS) is 11.9. The van der Waals surface area contributed by atoms with Crippen LogP contribution < -0.4 is 10.5 Å². The number of nitrogens with zero attached hydrogens (tertiary/aromatic N) is 2. The van der Waals surface area contributed by atoms with Gasteiger partial charge in [0.2, 0.25) is 0 Å². The molecular formula is C13H21N3O3. The van der Waals surface area contributed by atoms with Crippen molar-refractivity contribution in [1.29, 1.82) is 0 Å². The number of likely N-dealkylation sites (N-methyl/N-ethyl adjacent to an activating group) is 1. The number of hydrogen-bond acceptors (Lipinski definition) is 5. The maximum atomic E-state index is 8.78. The van der Waals surface area contributed by atoms with E-state index >= 15 is 0 Å². The van der Waals surface area contributed by atoms with Crippen molar-refractivity contribution in [3.8, 4) is 5.75 Å². The fourth-order valence-corrected chi connectivity index (χ4v) is 1.75. The molecule has 0 radical (unpaired) electrons. The summed E-state index contributed by atoms with van der Waals surface area (Å²) in [6.45, 7) is 2.26. The highest BCUT2D eigenvalue weighted by Crippen LogP contribution is 2.20.